The molecule has 0 heteroatoms. The second-order valence-corrected chi connectivity index (χ2v) is 5.94. The van der Waals surface area contributed by atoms with Crippen LogP contribution in [0.2, 0.25) is 0 Å². The van der Waals surface area contributed by atoms with Crippen LogP contribution in [-0.4, -0.2) is 0 Å². The minimum absolute atomic E-state index is 0.703. The van der Waals surface area contributed by atoms with Crippen molar-refractivity contribution < 1.29 is 0 Å². The molecular formula is C12H20. The Morgan fingerprint density at radius 2 is 1.67 bits per heavy atom. The topological polar surface area (TPSA) is 0 Å². The Morgan fingerprint density at radius 1 is 1.00 bits per heavy atom. The molecule has 0 amide bonds. The van der Waals surface area contributed by atoms with Gasteiger partial charge in [-0.1, -0.05) is 20.3 Å². The normalized spacial score (nSPS) is 46.5. The van der Waals surface area contributed by atoms with E-state index in [9.17, 15) is 0 Å². The molecule has 3 rings (SSSR count). The third-order valence-electron chi connectivity index (χ3n) is 5.76. The second-order valence-electron chi connectivity index (χ2n) is 5.94. The Hall–Kier alpha value is 0. The molecule has 3 aliphatic carbocycles. The van der Waals surface area contributed by atoms with Crippen molar-refractivity contribution in [3.05, 3.63) is 0 Å². The molecule has 2 bridgehead atoms. The van der Waals surface area contributed by atoms with E-state index in [2.05, 4.69) is 13.8 Å². The molecule has 12 heavy (non-hydrogen) atoms. The van der Waals surface area contributed by atoms with E-state index in [1.165, 1.54) is 6.42 Å². The molecule has 68 valence electrons. The van der Waals surface area contributed by atoms with Gasteiger partial charge in [-0.25, -0.2) is 0 Å². The van der Waals surface area contributed by atoms with Crippen molar-refractivity contribution in [1.29, 1.82) is 0 Å². The fourth-order valence-electron chi connectivity index (χ4n) is 4.68. The fourth-order valence-corrected chi connectivity index (χ4v) is 4.68. The van der Waals surface area contributed by atoms with E-state index in [0.717, 1.165) is 17.3 Å². The summed E-state index contributed by atoms with van der Waals surface area (Å²) < 4.78 is 0. The van der Waals surface area contributed by atoms with Gasteiger partial charge in [-0.05, 0) is 54.8 Å². The fraction of sp³-hybridized carbons (Fsp3) is 1.00. The summed E-state index contributed by atoms with van der Waals surface area (Å²) >= 11 is 0. The number of fused-ring (bicyclic) bond motifs is 3. The quantitative estimate of drug-likeness (QED) is 0.513. The molecule has 0 nitrogen and oxygen atoms in total. The van der Waals surface area contributed by atoms with Gasteiger partial charge in [0.15, 0.2) is 0 Å². The van der Waals surface area contributed by atoms with Crippen molar-refractivity contribution in [1.82, 2.24) is 0 Å². The van der Waals surface area contributed by atoms with Crippen LogP contribution in [-0.2, 0) is 0 Å². The van der Waals surface area contributed by atoms with Crippen molar-refractivity contribution >= 4 is 0 Å². The standard InChI is InChI=1S/C12H20/c1-11(2)9-4-5-10(8-9)12(11)6-3-7-12/h9-10H,3-8H2,1-2H3. The molecule has 0 aromatic rings. The van der Waals surface area contributed by atoms with Crippen molar-refractivity contribution in [2.75, 3.05) is 0 Å². The van der Waals surface area contributed by atoms with Gasteiger partial charge >= 0.3 is 0 Å². The maximum absolute atomic E-state index is 2.55. The summed E-state index contributed by atoms with van der Waals surface area (Å²) in [6.07, 6.45) is 9.31. The molecular weight excluding hydrogens is 144 g/mol. The smallest absolute Gasteiger partial charge is 0.0215 e. The summed E-state index contributed by atoms with van der Waals surface area (Å²) in [5, 5.41) is 0. The Kier molecular flexibility index (Phi) is 1.18. The lowest BCUT2D eigenvalue weighted by Gasteiger charge is -2.56. The van der Waals surface area contributed by atoms with E-state index in [4.69, 9.17) is 0 Å². The summed E-state index contributed by atoms with van der Waals surface area (Å²) in [5.74, 6) is 2.22. The van der Waals surface area contributed by atoms with Gasteiger partial charge in [0, 0.05) is 0 Å². The first-order valence-corrected chi connectivity index (χ1v) is 5.67. The van der Waals surface area contributed by atoms with Crippen LogP contribution in [0.25, 0.3) is 0 Å². The molecule has 0 radical (unpaired) electrons. The molecule has 0 aromatic carbocycles. The Bertz CT molecular complexity index is 210. The lowest BCUT2D eigenvalue weighted by molar-refractivity contribution is -0.0651. The molecule has 2 atom stereocenters. The highest BCUT2D eigenvalue weighted by molar-refractivity contribution is 5.13. The predicted octanol–water partition coefficient (Wildman–Crippen LogP) is 3.61. The van der Waals surface area contributed by atoms with Gasteiger partial charge in [0.2, 0.25) is 0 Å². The molecule has 0 heterocycles. The zero-order valence-electron chi connectivity index (χ0n) is 8.40. The number of hydrogen-bond donors (Lipinski definition) is 0. The van der Waals surface area contributed by atoms with Crippen LogP contribution in [0.4, 0.5) is 0 Å². The molecule has 0 aliphatic heterocycles. The molecule has 0 N–H and O–H groups in total. The largest absolute Gasteiger partial charge is 0.0591 e. The van der Waals surface area contributed by atoms with E-state index in [0.29, 0.717) is 5.41 Å². The lowest BCUT2D eigenvalue weighted by atomic mass is 9.49. The summed E-state index contributed by atoms with van der Waals surface area (Å²) in [6.45, 7) is 5.10. The third kappa shape index (κ3) is 0.561. The van der Waals surface area contributed by atoms with E-state index < -0.39 is 0 Å². The van der Waals surface area contributed by atoms with Gasteiger partial charge < -0.3 is 0 Å². The zero-order chi connectivity index (χ0) is 8.40. The SMILES string of the molecule is CC1(C)C2CCC(C2)C12CCC2. The highest BCUT2D eigenvalue weighted by Gasteiger charge is 2.64. The van der Waals surface area contributed by atoms with Crippen LogP contribution in [0.1, 0.15) is 52.4 Å². The van der Waals surface area contributed by atoms with Crippen LogP contribution < -0.4 is 0 Å². The first kappa shape index (κ1) is 7.41. The molecule has 3 fully saturated rings. The van der Waals surface area contributed by atoms with Crippen LogP contribution in [0.3, 0.4) is 0 Å². The van der Waals surface area contributed by atoms with E-state index in [1.54, 1.807) is 32.1 Å². The van der Waals surface area contributed by atoms with Gasteiger partial charge in [0.25, 0.3) is 0 Å². The van der Waals surface area contributed by atoms with Crippen molar-refractivity contribution in [2.24, 2.45) is 22.7 Å². The van der Waals surface area contributed by atoms with Gasteiger partial charge in [0.05, 0.1) is 0 Å². The summed E-state index contributed by atoms with van der Waals surface area (Å²) in [7, 11) is 0. The molecule has 3 aliphatic rings. The first-order valence-electron chi connectivity index (χ1n) is 5.67. The predicted molar refractivity (Wildman–Crippen MR) is 50.9 cm³/mol. The van der Waals surface area contributed by atoms with Crippen LogP contribution in [0, 0.1) is 22.7 Å². The summed E-state index contributed by atoms with van der Waals surface area (Å²) in [5.41, 5.74) is 1.53. The summed E-state index contributed by atoms with van der Waals surface area (Å²) in [6, 6.07) is 0. The lowest BCUT2D eigenvalue weighted by Crippen LogP contribution is -2.47. The Balaban J connectivity index is 2.02. The molecule has 2 unspecified atom stereocenters. The maximum atomic E-state index is 2.55. The highest BCUT2D eigenvalue weighted by atomic mass is 14.7. The molecule has 0 saturated heterocycles. The maximum Gasteiger partial charge on any atom is -0.0215 e. The molecule has 0 aromatic heterocycles. The Labute approximate surface area is 75.7 Å². The second kappa shape index (κ2) is 1.91. The minimum atomic E-state index is 0.703. The van der Waals surface area contributed by atoms with Crippen molar-refractivity contribution in [3.63, 3.8) is 0 Å². The average Bonchev–Trinajstić information content (AvgIpc) is 2.38. The van der Waals surface area contributed by atoms with E-state index in [-0.39, 0.29) is 0 Å². The van der Waals surface area contributed by atoms with Crippen molar-refractivity contribution in [2.45, 2.75) is 52.4 Å². The van der Waals surface area contributed by atoms with E-state index in [1.807, 2.05) is 0 Å². The summed E-state index contributed by atoms with van der Waals surface area (Å²) in [4.78, 5) is 0. The highest BCUT2D eigenvalue weighted by Crippen LogP contribution is 2.73. The van der Waals surface area contributed by atoms with Crippen LogP contribution in [0.15, 0.2) is 0 Å². The van der Waals surface area contributed by atoms with Gasteiger partial charge in [-0.3, -0.25) is 0 Å². The number of rotatable bonds is 0. The zero-order valence-corrected chi connectivity index (χ0v) is 8.40. The number of hydrogen-bond acceptors (Lipinski definition) is 0. The minimum Gasteiger partial charge on any atom is -0.0591 e. The monoisotopic (exact) mass is 164 g/mol. The van der Waals surface area contributed by atoms with E-state index >= 15 is 0 Å². The molecule has 3 saturated carbocycles. The van der Waals surface area contributed by atoms with Gasteiger partial charge in [-0.2, -0.15) is 0 Å². The average molecular weight is 164 g/mol. The first-order chi connectivity index (χ1) is 5.67. The van der Waals surface area contributed by atoms with Gasteiger partial charge in [-0.15, -0.1) is 0 Å². The third-order valence-corrected chi connectivity index (χ3v) is 5.76. The Morgan fingerprint density at radius 3 is 2.00 bits per heavy atom. The molecule has 1 spiro atoms. The van der Waals surface area contributed by atoms with Crippen molar-refractivity contribution in [3.8, 4) is 0 Å². The van der Waals surface area contributed by atoms with Crippen LogP contribution >= 0.6 is 0 Å². The van der Waals surface area contributed by atoms with Gasteiger partial charge in [0.1, 0.15) is 0 Å². The van der Waals surface area contributed by atoms with Crippen LogP contribution in [0.5, 0.6) is 0 Å².